The van der Waals surface area contributed by atoms with Crippen molar-refractivity contribution >= 4 is 29.9 Å². The van der Waals surface area contributed by atoms with Gasteiger partial charge < -0.3 is 19.9 Å². The lowest BCUT2D eigenvalue weighted by Crippen LogP contribution is -2.43. The van der Waals surface area contributed by atoms with Gasteiger partial charge in [-0.15, -0.1) is 24.0 Å². The number of likely N-dealkylation sites (N-methyl/N-ethyl adjacent to an activating group) is 1. The maximum atomic E-state index is 5.44. The molecule has 1 fully saturated rings. The van der Waals surface area contributed by atoms with Crippen LogP contribution < -0.4 is 10.1 Å². The van der Waals surface area contributed by atoms with Crippen LogP contribution in [0.3, 0.4) is 0 Å². The molecule has 2 rings (SSSR count). The third kappa shape index (κ3) is 6.66. The highest BCUT2D eigenvalue weighted by Crippen LogP contribution is 2.22. The Labute approximate surface area is 169 Å². The molecule has 1 saturated carbocycles. The summed E-state index contributed by atoms with van der Waals surface area (Å²) in [6.07, 6.45) is 5.45. The van der Waals surface area contributed by atoms with Crippen LogP contribution in [0.25, 0.3) is 0 Å². The van der Waals surface area contributed by atoms with E-state index in [9.17, 15) is 0 Å². The van der Waals surface area contributed by atoms with E-state index in [1.54, 1.807) is 7.11 Å². The topological polar surface area (TPSA) is 40.1 Å². The van der Waals surface area contributed by atoms with Gasteiger partial charge in [0.25, 0.3) is 0 Å². The third-order valence-corrected chi connectivity index (χ3v) is 4.87. The van der Waals surface area contributed by atoms with Gasteiger partial charge in [-0.2, -0.15) is 0 Å². The number of nitrogens with one attached hydrogen (secondary N) is 1. The minimum atomic E-state index is 0. The first kappa shape index (κ1) is 22.0. The number of para-hydroxylation sites is 1. The van der Waals surface area contributed by atoms with Gasteiger partial charge in [-0.05, 0) is 26.0 Å². The van der Waals surface area contributed by atoms with Gasteiger partial charge in [-0.1, -0.05) is 31.0 Å². The van der Waals surface area contributed by atoms with E-state index in [1.165, 1.54) is 25.7 Å². The monoisotopic (exact) mass is 460 g/mol. The summed E-state index contributed by atoms with van der Waals surface area (Å²) in [4.78, 5) is 9.02. The van der Waals surface area contributed by atoms with Gasteiger partial charge in [0.15, 0.2) is 5.96 Å². The summed E-state index contributed by atoms with van der Waals surface area (Å²) in [7, 11) is 7.84. The van der Waals surface area contributed by atoms with Gasteiger partial charge >= 0.3 is 0 Å². The summed E-state index contributed by atoms with van der Waals surface area (Å²) in [6.45, 7) is 2.73. The van der Waals surface area contributed by atoms with Gasteiger partial charge in [0.2, 0.25) is 0 Å². The quantitative estimate of drug-likeness (QED) is 0.386. The zero-order valence-electron chi connectivity index (χ0n) is 16.0. The predicted molar refractivity (Wildman–Crippen MR) is 116 cm³/mol. The molecule has 1 aromatic carbocycles. The molecule has 0 amide bonds. The molecule has 0 bridgehead atoms. The maximum absolute atomic E-state index is 5.44. The van der Waals surface area contributed by atoms with Crippen LogP contribution >= 0.6 is 24.0 Å². The van der Waals surface area contributed by atoms with Crippen LogP contribution in [-0.2, 0) is 6.54 Å². The number of aliphatic imine (C=N–C) groups is 1. The molecule has 0 radical (unpaired) electrons. The van der Waals surface area contributed by atoms with E-state index in [0.717, 1.165) is 42.9 Å². The van der Waals surface area contributed by atoms with Crippen molar-refractivity contribution in [1.29, 1.82) is 0 Å². The molecule has 0 spiro atoms. The minimum absolute atomic E-state index is 0. The maximum Gasteiger partial charge on any atom is 0.193 e. The summed E-state index contributed by atoms with van der Waals surface area (Å²) in [5.41, 5.74) is 1.16. The minimum Gasteiger partial charge on any atom is -0.496 e. The number of hydrogen-bond donors (Lipinski definition) is 1. The Morgan fingerprint density at radius 3 is 2.56 bits per heavy atom. The molecule has 1 aliphatic rings. The van der Waals surface area contributed by atoms with Crippen LogP contribution in [-0.4, -0.2) is 63.1 Å². The lowest BCUT2D eigenvalue weighted by molar-refractivity contribution is 0.248. The second-order valence-corrected chi connectivity index (χ2v) is 6.56. The number of ether oxygens (including phenoxy) is 1. The van der Waals surface area contributed by atoms with Crippen molar-refractivity contribution in [3.8, 4) is 5.75 Å². The average Bonchev–Trinajstić information content (AvgIpc) is 3.13. The van der Waals surface area contributed by atoms with E-state index in [-0.39, 0.29) is 24.0 Å². The molecule has 142 valence electrons. The highest BCUT2D eigenvalue weighted by atomic mass is 127. The molecule has 0 aromatic heterocycles. The number of guanidine groups is 1. The van der Waals surface area contributed by atoms with Crippen molar-refractivity contribution in [3.63, 3.8) is 0 Å². The first-order valence-electron chi connectivity index (χ1n) is 8.89. The lowest BCUT2D eigenvalue weighted by atomic mass is 10.2. The Kier molecular flexibility index (Phi) is 10.2. The number of rotatable bonds is 7. The number of nitrogens with zero attached hydrogens (tertiary/aromatic N) is 3. The van der Waals surface area contributed by atoms with Crippen molar-refractivity contribution in [2.24, 2.45) is 4.99 Å². The average molecular weight is 460 g/mol. The van der Waals surface area contributed by atoms with Crippen LogP contribution in [0.5, 0.6) is 5.75 Å². The summed E-state index contributed by atoms with van der Waals surface area (Å²) in [5, 5.41) is 3.47. The van der Waals surface area contributed by atoms with E-state index in [1.807, 2.05) is 25.2 Å². The molecule has 0 aliphatic heterocycles. The molecule has 0 heterocycles. The smallest absolute Gasteiger partial charge is 0.193 e. The fourth-order valence-electron chi connectivity index (χ4n) is 3.42. The summed E-state index contributed by atoms with van der Waals surface area (Å²) < 4.78 is 5.44. The summed E-state index contributed by atoms with van der Waals surface area (Å²) in [5.74, 6) is 1.83. The molecular weight excluding hydrogens is 427 g/mol. The Hall–Kier alpha value is -1.02. The second kappa shape index (κ2) is 11.6. The molecule has 6 heteroatoms. The molecule has 0 atom stereocenters. The van der Waals surface area contributed by atoms with Gasteiger partial charge in [-0.25, -0.2) is 0 Å². The van der Waals surface area contributed by atoms with Crippen molar-refractivity contribution in [2.45, 2.75) is 38.3 Å². The highest BCUT2D eigenvalue weighted by Gasteiger charge is 2.19. The van der Waals surface area contributed by atoms with E-state index < -0.39 is 0 Å². The van der Waals surface area contributed by atoms with E-state index in [2.05, 4.69) is 40.3 Å². The first-order valence-corrected chi connectivity index (χ1v) is 8.89. The molecule has 0 saturated heterocycles. The largest absolute Gasteiger partial charge is 0.496 e. The van der Waals surface area contributed by atoms with E-state index in [4.69, 9.17) is 4.74 Å². The lowest BCUT2D eigenvalue weighted by Gasteiger charge is -2.26. The van der Waals surface area contributed by atoms with Crippen LogP contribution in [0, 0.1) is 0 Å². The standard InChI is InChI=1S/C19H32N4O.HI/c1-20-19(21-13-14-22(2)17-10-6-7-11-17)23(3)15-16-9-5-8-12-18(16)24-4;/h5,8-9,12,17H,6-7,10-11,13-15H2,1-4H3,(H,20,21);1H. The number of hydrogen-bond acceptors (Lipinski definition) is 3. The molecule has 1 aliphatic carbocycles. The van der Waals surface area contributed by atoms with Crippen LogP contribution in [0.4, 0.5) is 0 Å². The Balaban J connectivity index is 0.00000312. The first-order chi connectivity index (χ1) is 11.7. The molecule has 1 aromatic rings. The van der Waals surface area contributed by atoms with E-state index >= 15 is 0 Å². The fourth-order valence-corrected chi connectivity index (χ4v) is 3.42. The van der Waals surface area contributed by atoms with Crippen LogP contribution in [0.15, 0.2) is 29.3 Å². The molecule has 1 N–H and O–H groups in total. The van der Waals surface area contributed by atoms with E-state index in [0.29, 0.717) is 0 Å². The van der Waals surface area contributed by atoms with Crippen molar-refractivity contribution in [3.05, 3.63) is 29.8 Å². The summed E-state index contributed by atoms with van der Waals surface area (Å²) in [6, 6.07) is 8.89. The van der Waals surface area contributed by atoms with Crippen LogP contribution in [0.2, 0.25) is 0 Å². The summed E-state index contributed by atoms with van der Waals surface area (Å²) >= 11 is 0. The molecule has 0 unspecified atom stereocenters. The SMILES string of the molecule is CN=C(NCCN(C)C1CCCC1)N(C)Cc1ccccc1OC.I. The van der Waals surface area contributed by atoms with Crippen molar-refractivity contribution < 1.29 is 4.74 Å². The van der Waals surface area contributed by atoms with Gasteiger partial charge in [-0.3, -0.25) is 4.99 Å². The van der Waals surface area contributed by atoms with Gasteiger partial charge in [0.05, 0.1) is 7.11 Å². The third-order valence-electron chi connectivity index (χ3n) is 4.87. The van der Waals surface area contributed by atoms with Crippen molar-refractivity contribution in [2.75, 3.05) is 41.3 Å². The van der Waals surface area contributed by atoms with Crippen LogP contribution in [0.1, 0.15) is 31.2 Å². The highest BCUT2D eigenvalue weighted by molar-refractivity contribution is 14.0. The predicted octanol–water partition coefficient (Wildman–Crippen LogP) is 3.19. The Bertz CT molecular complexity index is 532. The number of benzene rings is 1. The van der Waals surface area contributed by atoms with Gasteiger partial charge in [0, 0.05) is 45.3 Å². The number of halogens is 1. The Morgan fingerprint density at radius 2 is 1.92 bits per heavy atom. The van der Waals surface area contributed by atoms with Crippen molar-refractivity contribution in [1.82, 2.24) is 15.1 Å². The zero-order valence-corrected chi connectivity index (χ0v) is 18.3. The Morgan fingerprint density at radius 1 is 1.24 bits per heavy atom. The van der Waals surface area contributed by atoms with Gasteiger partial charge in [0.1, 0.15) is 5.75 Å². The normalized spacial score (nSPS) is 15.2. The fraction of sp³-hybridized carbons (Fsp3) is 0.632. The molecule has 25 heavy (non-hydrogen) atoms. The molecular formula is C19H33IN4O. The molecule has 5 nitrogen and oxygen atoms in total. The number of methoxy groups -OCH3 is 1. The second-order valence-electron chi connectivity index (χ2n) is 6.56. The zero-order chi connectivity index (χ0) is 17.4.